The van der Waals surface area contributed by atoms with E-state index in [2.05, 4.69) is 5.32 Å². The molecule has 2 rings (SSSR count). The minimum Gasteiger partial charge on any atom is -0.507 e. The Hall–Kier alpha value is -3.15. The minimum absolute atomic E-state index is 0.00325. The Morgan fingerprint density at radius 1 is 1.04 bits per heavy atom. The van der Waals surface area contributed by atoms with Gasteiger partial charge >= 0.3 is 5.97 Å². The molecule has 2 aromatic carbocycles. The number of para-hydroxylation sites is 1. The molecular formula is C20H21NO5. The van der Waals surface area contributed by atoms with Crippen molar-refractivity contribution in [2.24, 2.45) is 5.92 Å². The van der Waals surface area contributed by atoms with Gasteiger partial charge in [0.2, 0.25) is 5.91 Å². The predicted octanol–water partition coefficient (Wildman–Crippen LogP) is 3.42. The molecule has 0 aliphatic carbocycles. The molecule has 0 radical (unpaired) electrons. The van der Waals surface area contributed by atoms with Crippen LogP contribution >= 0.6 is 0 Å². The molecule has 0 aliphatic heterocycles. The molecule has 136 valence electrons. The molecule has 0 unspecified atom stereocenters. The van der Waals surface area contributed by atoms with Crippen LogP contribution in [0.5, 0.6) is 5.75 Å². The highest BCUT2D eigenvalue weighted by Crippen LogP contribution is 2.17. The fraction of sp³-hybridized carbons (Fsp3) is 0.250. The van der Waals surface area contributed by atoms with Crippen molar-refractivity contribution in [2.75, 3.05) is 11.9 Å². The first-order chi connectivity index (χ1) is 12.4. The first-order valence-corrected chi connectivity index (χ1v) is 8.25. The van der Waals surface area contributed by atoms with Crippen molar-refractivity contribution >= 4 is 23.3 Å². The van der Waals surface area contributed by atoms with E-state index >= 15 is 0 Å². The number of aromatic hydroxyl groups is 1. The van der Waals surface area contributed by atoms with E-state index in [9.17, 15) is 19.5 Å². The molecule has 0 saturated heterocycles. The summed E-state index contributed by atoms with van der Waals surface area (Å²) in [6, 6.07) is 12.3. The molecule has 0 fully saturated rings. The SMILES string of the molecule is CC(C)CC(=O)Nc1ccc(C(=O)COC(=O)c2ccccc2O)cc1. The van der Waals surface area contributed by atoms with Crippen molar-refractivity contribution in [3.8, 4) is 5.75 Å². The van der Waals surface area contributed by atoms with Crippen molar-refractivity contribution in [3.63, 3.8) is 0 Å². The Kier molecular flexibility index (Phi) is 6.49. The van der Waals surface area contributed by atoms with Crippen LogP contribution < -0.4 is 5.32 Å². The monoisotopic (exact) mass is 355 g/mol. The molecule has 0 aliphatic rings. The zero-order valence-corrected chi connectivity index (χ0v) is 14.7. The second kappa shape index (κ2) is 8.80. The van der Waals surface area contributed by atoms with Crippen molar-refractivity contribution in [1.82, 2.24) is 0 Å². The van der Waals surface area contributed by atoms with E-state index in [1.165, 1.54) is 12.1 Å². The van der Waals surface area contributed by atoms with Crippen molar-refractivity contribution in [2.45, 2.75) is 20.3 Å². The minimum atomic E-state index is -0.769. The molecule has 26 heavy (non-hydrogen) atoms. The molecule has 6 nitrogen and oxygen atoms in total. The van der Waals surface area contributed by atoms with E-state index in [1.807, 2.05) is 13.8 Å². The zero-order chi connectivity index (χ0) is 19.1. The van der Waals surface area contributed by atoms with E-state index in [0.717, 1.165) is 0 Å². The van der Waals surface area contributed by atoms with Crippen LogP contribution in [0.25, 0.3) is 0 Å². The fourth-order valence-electron chi connectivity index (χ4n) is 2.26. The normalized spacial score (nSPS) is 10.4. The molecule has 0 spiro atoms. The van der Waals surface area contributed by atoms with Gasteiger partial charge in [0, 0.05) is 17.7 Å². The summed E-state index contributed by atoms with van der Waals surface area (Å²) in [6.45, 7) is 3.47. The molecular weight excluding hydrogens is 334 g/mol. The highest BCUT2D eigenvalue weighted by Gasteiger charge is 2.15. The van der Waals surface area contributed by atoms with Crippen LogP contribution in [0.2, 0.25) is 0 Å². The Labute approximate surface area is 151 Å². The maximum absolute atomic E-state index is 12.1. The number of hydrogen-bond acceptors (Lipinski definition) is 5. The fourth-order valence-corrected chi connectivity index (χ4v) is 2.26. The van der Waals surface area contributed by atoms with Gasteiger partial charge < -0.3 is 15.2 Å². The maximum atomic E-state index is 12.1. The lowest BCUT2D eigenvalue weighted by atomic mass is 10.1. The standard InChI is InChI=1S/C20H21NO5/c1-13(2)11-19(24)21-15-9-7-14(8-10-15)18(23)12-26-20(25)16-5-3-4-6-17(16)22/h3-10,13,22H,11-12H2,1-2H3,(H,21,24). The Balaban J connectivity index is 1.91. The van der Waals surface area contributed by atoms with Crippen LogP contribution in [0.3, 0.4) is 0 Å². The van der Waals surface area contributed by atoms with Gasteiger partial charge in [-0.1, -0.05) is 26.0 Å². The van der Waals surface area contributed by atoms with Crippen LogP contribution in [0.4, 0.5) is 5.69 Å². The Morgan fingerprint density at radius 2 is 1.69 bits per heavy atom. The van der Waals surface area contributed by atoms with E-state index < -0.39 is 12.6 Å². The lowest BCUT2D eigenvalue weighted by Gasteiger charge is -2.08. The number of ketones is 1. The first-order valence-electron chi connectivity index (χ1n) is 8.25. The predicted molar refractivity (Wildman–Crippen MR) is 97.2 cm³/mol. The summed E-state index contributed by atoms with van der Waals surface area (Å²) in [5, 5.41) is 12.4. The number of ether oxygens (including phenoxy) is 1. The molecule has 0 saturated carbocycles. The van der Waals surface area contributed by atoms with E-state index in [4.69, 9.17) is 4.74 Å². The van der Waals surface area contributed by atoms with Gasteiger partial charge in [0.1, 0.15) is 11.3 Å². The van der Waals surface area contributed by atoms with Crippen LogP contribution in [0.1, 0.15) is 41.0 Å². The number of rotatable bonds is 7. The lowest BCUT2D eigenvalue weighted by molar-refractivity contribution is -0.116. The number of amides is 1. The third-order valence-corrected chi connectivity index (χ3v) is 3.54. The number of nitrogens with one attached hydrogen (secondary N) is 1. The van der Waals surface area contributed by atoms with Crippen LogP contribution in [0.15, 0.2) is 48.5 Å². The highest BCUT2D eigenvalue weighted by atomic mass is 16.5. The van der Waals surface area contributed by atoms with Gasteiger partial charge in [0.25, 0.3) is 0 Å². The van der Waals surface area contributed by atoms with Gasteiger partial charge in [-0.3, -0.25) is 9.59 Å². The second-order valence-corrected chi connectivity index (χ2v) is 6.24. The molecule has 6 heteroatoms. The van der Waals surface area contributed by atoms with Gasteiger partial charge in [-0.2, -0.15) is 0 Å². The van der Waals surface area contributed by atoms with Gasteiger partial charge in [-0.05, 0) is 42.3 Å². The third-order valence-electron chi connectivity index (χ3n) is 3.54. The second-order valence-electron chi connectivity index (χ2n) is 6.24. The molecule has 0 atom stereocenters. The van der Waals surface area contributed by atoms with Gasteiger partial charge in [-0.15, -0.1) is 0 Å². The summed E-state index contributed by atoms with van der Waals surface area (Å²) in [4.78, 5) is 35.7. The third kappa shape index (κ3) is 5.44. The number of phenols is 1. The van der Waals surface area contributed by atoms with E-state index in [0.29, 0.717) is 17.7 Å². The van der Waals surface area contributed by atoms with Crippen molar-refractivity contribution < 1.29 is 24.2 Å². The van der Waals surface area contributed by atoms with Crippen molar-refractivity contribution in [1.29, 1.82) is 0 Å². The van der Waals surface area contributed by atoms with Gasteiger partial charge in [0.15, 0.2) is 12.4 Å². The Bertz CT molecular complexity index is 796. The molecule has 0 aromatic heterocycles. The molecule has 1 amide bonds. The maximum Gasteiger partial charge on any atom is 0.342 e. The lowest BCUT2D eigenvalue weighted by Crippen LogP contribution is -2.15. The number of Topliss-reactive ketones (excluding diaryl/α,β-unsaturated/α-hetero) is 1. The molecule has 0 bridgehead atoms. The van der Waals surface area contributed by atoms with E-state index in [1.54, 1.807) is 36.4 Å². The smallest absolute Gasteiger partial charge is 0.342 e. The Morgan fingerprint density at radius 3 is 2.31 bits per heavy atom. The summed E-state index contributed by atoms with van der Waals surface area (Å²) >= 11 is 0. The topological polar surface area (TPSA) is 92.7 Å². The number of hydrogen-bond donors (Lipinski definition) is 2. The van der Waals surface area contributed by atoms with Crippen molar-refractivity contribution in [3.05, 3.63) is 59.7 Å². The average Bonchev–Trinajstić information content (AvgIpc) is 2.59. The highest BCUT2D eigenvalue weighted by molar-refractivity contribution is 6.00. The summed E-state index contributed by atoms with van der Waals surface area (Å²) in [6.07, 6.45) is 0.420. The molecule has 0 heterocycles. The number of carbonyl (C=O) groups excluding carboxylic acids is 3. The number of anilines is 1. The molecule has 2 aromatic rings. The summed E-state index contributed by atoms with van der Waals surface area (Å²) < 4.78 is 4.95. The quantitative estimate of drug-likeness (QED) is 0.586. The van der Waals surface area contributed by atoms with E-state index in [-0.39, 0.29) is 28.9 Å². The number of carbonyl (C=O) groups is 3. The zero-order valence-electron chi connectivity index (χ0n) is 14.7. The molecule has 2 N–H and O–H groups in total. The number of esters is 1. The number of benzene rings is 2. The number of phenolic OH excluding ortho intramolecular Hbond substituents is 1. The summed E-state index contributed by atoms with van der Waals surface area (Å²) in [5.74, 6) is -1.18. The largest absolute Gasteiger partial charge is 0.507 e. The summed E-state index contributed by atoms with van der Waals surface area (Å²) in [5.41, 5.74) is 0.957. The van der Waals surface area contributed by atoms with Gasteiger partial charge in [-0.25, -0.2) is 4.79 Å². The van der Waals surface area contributed by atoms with Gasteiger partial charge in [0.05, 0.1) is 0 Å². The van der Waals surface area contributed by atoms with Crippen LogP contribution in [-0.4, -0.2) is 29.4 Å². The van der Waals surface area contributed by atoms with Crippen LogP contribution in [-0.2, 0) is 9.53 Å². The average molecular weight is 355 g/mol. The summed E-state index contributed by atoms with van der Waals surface area (Å²) in [7, 11) is 0. The first kappa shape index (κ1) is 19.2. The van der Waals surface area contributed by atoms with Crippen LogP contribution in [0, 0.1) is 5.92 Å².